The molecule has 0 spiro atoms. The molecule has 0 amide bonds. The van der Waals surface area contributed by atoms with Crippen LogP contribution in [0.15, 0.2) is 0 Å². The maximum atomic E-state index is 4.89. The molecule has 0 saturated heterocycles. The summed E-state index contributed by atoms with van der Waals surface area (Å²) in [5.74, 6) is 0. The summed E-state index contributed by atoms with van der Waals surface area (Å²) in [5, 5.41) is 0. The Labute approximate surface area is 84.0 Å². The van der Waals surface area contributed by atoms with Crippen LogP contribution in [0.3, 0.4) is 0 Å². The Morgan fingerprint density at radius 1 is 1.00 bits per heavy atom. The minimum atomic E-state index is -0.568. The third-order valence-electron chi connectivity index (χ3n) is 1.24. The van der Waals surface area contributed by atoms with E-state index in [1.807, 2.05) is 0 Å². The predicted octanol–water partition coefficient (Wildman–Crippen LogP) is 0.0882. The van der Waals surface area contributed by atoms with Gasteiger partial charge >= 0.3 is 10.0 Å². The van der Waals surface area contributed by atoms with E-state index < -0.39 is 10.0 Å². The number of rotatable bonds is 2. The van der Waals surface area contributed by atoms with Crippen LogP contribution in [0.25, 0.3) is 0 Å². The quantitative estimate of drug-likeness (QED) is 0.498. The summed E-state index contributed by atoms with van der Waals surface area (Å²) >= 11 is 0. The van der Waals surface area contributed by atoms with Gasteiger partial charge in [-0.05, 0) is 6.92 Å². The molecule has 0 aromatic rings. The first-order valence-electron chi connectivity index (χ1n) is 4.64. The third kappa shape index (κ3) is 33.2. The molecule has 0 aliphatic heterocycles. The van der Waals surface area contributed by atoms with Crippen LogP contribution in [-0.2, 0) is 8.85 Å². The molecule has 1 aliphatic carbocycles. The topological polar surface area (TPSA) is 70.5 Å². The van der Waals surface area contributed by atoms with E-state index in [0.717, 1.165) is 0 Å². The van der Waals surface area contributed by atoms with Crippen LogP contribution in [0, 0.1) is 0 Å². The predicted molar refractivity (Wildman–Crippen MR) is 58.9 cm³/mol. The van der Waals surface area contributed by atoms with E-state index in [1.165, 1.54) is 25.7 Å². The first-order chi connectivity index (χ1) is 6.15. The maximum absolute atomic E-state index is 4.89. The lowest BCUT2D eigenvalue weighted by Gasteiger charge is -2.05. The zero-order valence-corrected chi connectivity index (χ0v) is 10.5. The molecule has 0 atom stereocenters. The molecule has 0 radical (unpaired) electrons. The van der Waals surface area contributed by atoms with Crippen molar-refractivity contribution in [2.24, 2.45) is 11.5 Å². The Balaban J connectivity index is 0. The summed E-state index contributed by atoms with van der Waals surface area (Å²) in [7, 11) is 2.73. The van der Waals surface area contributed by atoms with E-state index >= 15 is 0 Å². The zero-order chi connectivity index (χ0) is 10.5. The molecule has 1 rings (SSSR count). The Morgan fingerprint density at radius 3 is 1.23 bits per heavy atom. The first-order valence-corrected chi connectivity index (χ1v) is 5.79. The van der Waals surface area contributed by atoms with Gasteiger partial charge in [-0.1, -0.05) is 25.7 Å². The standard InChI is InChI=1S/C4H8.C2H8N2.C2H8O2Si/c1-2-4-3-1;1-2(3)4;1-3-5-4-2/h1-4H2;2H,3-4H2,1H3;5H2,1-2H3. The van der Waals surface area contributed by atoms with Crippen LogP contribution in [-0.4, -0.2) is 30.4 Å². The van der Waals surface area contributed by atoms with E-state index in [9.17, 15) is 0 Å². The minimum absolute atomic E-state index is 0.167. The van der Waals surface area contributed by atoms with Gasteiger partial charge in [-0.2, -0.15) is 0 Å². The summed E-state index contributed by atoms with van der Waals surface area (Å²) in [6, 6.07) is 0. The zero-order valence-electron chi connectivity index (χ0n) is 9.08. The van der Waals surface area contributed by atoms with E-state index in [-0.39, 0.29) is 6.17 Å². The average molecular weight is 208 g/mol. The normalized spacial score (nSPS) is 13.4. The third-order valence-corrected chi connectivity index (χ3v) is 1.71. The maximum Gasteiger partial charge on any atom is 0.303 e. The smallest absolute Gasteiger partial charge is 0.303 e. The highest BCUT2D eigenvalue weighted by Crippen LogP contribution is 2.15. The van der Waals surface area contributed by atoms with Crippen molar-refractivity contribution in [2.45, 2.75) is 38.8 Å². The van der Waals surface area contributed by atoms with Crippen molar-refractivity contribution in [3.63, 3.8) is 0 Å². The van der Waals surface area contributed by atoms with E-state index in [0.29, 0.717) is 0 Å². The van der Waals surface area contributed by atoms with E-state index in [2.05, 4.69) is 8.85 Å². The highest BCUT2D eigenvalue weighted by Gasteiger charge is 1.95. The highest BCUT2D eigenvalue weighted by molar-refractivity contribution is 6.17. The molecule has 0 aromatic carbocycles. The molecule has 82 valence electrons. The van der Waals surface area contributed by atoms with Crippen LogP contribution >= 0.6 is 0 Å². The largest absolute Gasteiger partial charge is 0.402 e. The average Bonchev–Trinajstić information content (AvgIpc) is 1.83. The fraction of sp³-hybridized carbons (Fsp3) is 1.00. The summed E-state index contributed by atoms with van der Waals surface area (Å²) < 4.78 is 9.22. The van der Waals surface area contributed by atoms with Crippen molar-refractivity contribution in [1.29, 1.82) is 0 Å². The number of nitrogens with two attached hydrogens (primary N) is 2. The fourth-order valence-electron chi connectivity index (χ4n) is 0.368. The minimum Gasteiger partial charge on any atom is -0.402 e. The highest BCUT2D eigenvalue weighted by atomic mass is 28.3. The van der Waals surface area contributed by atoms with Gasteiger partial charge in [-0.15, -0.1) is 0 Å². The summed E-state index contributed by atoms with van der Waals surface area (Å²) in [4.78, 5) is 0. The van der Waals surface area contributed by atoms with Gasteiger partial charge in [0.2, 0.25) is 0 Å². The van der Waals surface area contributed by atoms with Crippen LogP contribution in [0.2, 0.25) is 0 Å². The molecule has 1 saturated carbocycles. The SMILES string of the molecule is C1CCC1.CC(N)N.CO[SiH2]OC. The second-order valence-electron chi connectivity index (χ2n) is 2.97. The molecular formula is C8H24N2O2Si. The molecule has 1 fully saturated rings. The van der Waals surface area contributed by atoms with Crippen LogP contribution in [0.5, 0.6) is 0 Å². The van der Waals surface area contributed by atoms with E-state index in [4.69, 9.17) is 11.5 Å². The molecule has 0 aromatic heterocycles. The van der Waals surface area contributed by atoms with Crippen molar-refractivity contribution < 1.29 is 8.85 Å². The molecule has 0 unspecified atom stereocenters. The Bertz CT molecular complexity index is 71.8. The Hall–Kier alpha value is 0.0569. The van der Waals surface area contributed by atoms with Gasteiger partial charge in [-0.25, -0.2) is 0 Å². The summed E-state index contributed by atoms with van der Waals surface area (Å²) in [5.41, 5.74) is 9.78. The lowest BCUT2D eigenvalue weighted by atomic mass is 10.0. The van der Waals surface area contributed by atoms with Crippen molar-refractivity contribution >= 4 is 10.0 Å². The van der Waals surface area contributed by atoms with Gasteiger partial charge in [0.05, 0.1) is 0 Å². The molecule has 4 N–H and O–H groups in total. The molecule has 5 heteroatoms. The van der Waals surface area contributed by atoms with Crippen molar-refractivity contribution in [2.75, 3.05) is 14.2 Å². The van der Waals surface area contributed by atoms with Gasteiger partial charge in [0, 0.05) is 20.4 Å². The van der Waals surface area contributed by atoms with E-state index in [1.54, 1.807) is 21.1 Å². The fourth-order valence-corrected chi connectivity index (χ4v) is 0.604. The van der Waals surface area contributed by atoms with Crippen molar-refractivity contribution in [3.05, 3.63) is 0 Å². The molecule has 0 bridgehead atoms. The van der Waals surface area contributed by atoms with Crippen molar-refractivity contribution in [1.82, 2.24) is 0 Å². The van der Waals surface area contributed by atoms with Crippen LogP contribution in [0.1, 0.15) is 32.6 Å². The Morgan fingerprint density at radius 2 is 1.23 bits per heavy atom. The summed E-state index contributed by atoms with van der Waals surface area (Å²) in [6.07, 6.45) is 5.83. The summed E-state index contributed by atoms with van der Waals surface area (Å²) in [6.45, 7) is 1.72. The second-order valence-corrected chi connectivity index (χ2v) is 4.36. The lowest BCUT2D eigenvalue weighted by molar-refractivity contribution is 0.309. The first kappa shape index (κ1) is 15.5. The van der Waals surface area contributed by atoms with Crippen LogP contribution < -0.4 is 11.5 Å². The number of hydrogen-bond donors (Lipinski definition) is 2. The Kier molecular flexibility index (Phi) is 17.4. The second kappa shape index (κ2) is 14.6. The van der Waals surface area contributed by atoms with Crippen molar-refractivity contribution in [3.8, 4) is 0 Å². The van der Waals surface area contributed by atoms with Crippen LogP contribution in [0.4, 0.5) is 0 Å². The van der Waals surface area contributed by atoms with Gasteiger partial charge in [0.25, 0.3) is 0 Å². The number of hydrogen-bond acceptors (Lipinski definition) is 4. The van der Waals surface area contributed by atoms with Gasteiger partial charge in [0.15, 0.2) is 0 Å². The van der Waals surface area contributed by atoms with Gasteiger partial charge < -0.3 is 20.3 Å². The molecular weight excluding hydrogens is 184 g/mol. The molecule has 1 aliphatic rings. The van der Waals surface area contributed by atoms with Gasteiger partial charge in [0.1, 0.15) is 0 Å². The lowest BCUT2D eigenvalue weighted by Crippen LogP contribution is -2.25. The monoisotopic (exact) mass is 208 g/mol. The molecule has 13 heavy (non-hydrogen) atoms. The molecule has 0 heterocycles. The van der Waals surface area contributed by atoms with Gasteiger partial charge in [-0.3, -0.25) is 0 Å². The molecule has 4 nitrogen and oxygen atoms in total.